The molecule has 0 unspecified atom stereocenters. The lowest BCUT2D eigenvalue weighted by molar-refractivity contribution is -0.111. The SMILES string of the molecule is CCSc1nnc(NC(=O)/C=C/c2cc(OC)c3c(c2)OCCO3)s1. The van der Waals surface area contributed by atoms with Crippen LogP contribution in [0.3, 0.4) is 0 Å². The van der Waals surface area contributed by atoms with Crippen molar-refractivity contribution in [2.24, 2.45) is 0 Å². The van der Waals surface area contributed by atoms with E-state index in [9.17, 15) is 4.79 Å². The van der Waals surface area contributed by atoms with Gasteiger partial charge in [-0.1, -0.05) is 30.0 Å². The van der Waals surface area contributed by atoms with Gasteiger partial charge in [-0.15, -0.1) is 10.2 Å². The zero-order chi connectivity index (χ0) is 17.6. The van der Waals surface area contributed by atoms with Gasteiger partial charge in [-0.2, -0.15) is 0 Å². The fraction of sp³-hybridized carbons (Fsp3) is 0.312. The molecule has 1 amide bonds. The van der Waals surface area contributed by atoms with Crippen LogP contribution in [0.15, 0.2) is 22.5 Å². The molecule has 0 radical (unpaired) electrons. The van der Waals surface area contributed by atoms with Crippen molar-refractivity contribution in [3.05, 3.63) is 23.8 Å². The smallest absolute Gasteiger partial charge is 0.250 e. The molecule has 1 N–H and O–H groups in total. The highest BCUT2D eigenvalue weighted by Gasteiger charge is 2.17. The van der Waals surface area contributed by atoms with Gasteiger partial charge < -0.3 is 14.2 Å². The highest BCUT2D eigenvalue weighted by Crippen LogP contribution is 2.40. The zero-order valence-electron chi connectivity index (χ0n) is 13.8. The predicted octanol–water partition coefficient (Wildman–Crippen LogP) is 3.08. The van der Waals surface area contributed by atoms with Crippen molar-refractivity contribution in [2.75, 3.05) is 31.4 Å². The summed E-state index contributed by atoms with van der Waals surface area (Å²) in [6.07, 6.45) is 3.11. The zero-order valence-corrected chi connectivity index (χ0v) is 15.4. The number of thioether (sulfide) groups is 1. The van der Waals surface area contributed by atoms with Gasteiger partial charge in [0.2, 0.25) is 16.8 Å². The van der Waals surface area contributed by atoms with E-state index in [1.807, 2.05) is 13.0 Å². The summed E-state index contributed by atoms with van der Waals surface area (Å²) in [6.45, 7) is 3.01. The number of anilines is 1. The molecule has 2 aromatic rings. The van der Waals surface area contributed by atoms with Crippen LogP contribution in [0.4, 0.5) is 5.13 Å². The molecule has 0 spiro atoms. The van der Waals surface area contributed by atoms with Gasteiger partial charge in [-0.3, -0.25) is 10.1 Å². The normalized spacial score (nSPS) is 13.0. The van der Waals surface area contributed by atoms with Gasteiger partial charge in [-0.25, -0.2) is 0 Å². The fourth-order valence-corrected chi connectivity index (χ4v) is 3.80. The number of fused-ring (bicyclic) bond motifs is 1. The highest BCUT2D eigenvalue weighted by atomic mass is 32.2. The number of nitrogens with one attached hydrogen (secondary N) is 1. The van der Waals surface area contributed by atoms with Crippen LogP contribution < -0.4 is 19.5 Å². The maximum Gasteiger partial charge on any atom is 0.250 e. The number of methoxy groups -OCH3 is 1. The average molecular weight is 379 g/mol. The number of ether oxygens (including phenoxy) is 3. The van der Waals surface area contributed by atoms with Gasteiger partial charge in [0.15, 0.2) is 15.8 Å². The van der Waals surface area contributed by atoms with E-state index in [0.29, 0.717) is 35.6 Å². The number of amides is 1. The van der Waals surface area contributed by atoms with Crippen molar-refractivity contribution < 1.29 is 19.0 Å². The minimum atomic E-state index is -0.280. The Hall–Kier alpha value is -2.26. The number of aromatic nitrogens is 2. The second kappa shape index (κ2) is 8.21. The third-order valence-electron chi connectivity index (χ3n) is 3.18. The molecule has 7 nitrogen and oxygen atoms in total. The largest absolute Gasteiger partial charge is 0.493 e. The number of nitrogens with zero attached hydrogens (tertiary/aromatic N) is 2. The quantitative estimate of drug-likeness (QED) is 0.469. The molecule has 1 aromatic carbocycles. The fourth-order valence-electron chi connectivity index (χ4n) is 2.15. The van der Waals surface area contributed by atoms with Crippen molar-refractivity contribution in [3.8, 4) is 17.2 Å². The topological polar surface area (TPSA) is 82.6 Å². The Balaban J connectivity index is 1.69. The van der Waals surface area contributed by atoms with Crippen LogP contribution in [-0.4, -0.2) is 42.2 Å². The van der Waals surface area contributed by atoms with E-state index in [0.717, 1.165) is 15.7 Å². The molecule has 132 valence electrons. The van der Waals surface area contributed by atoms with Gasteiger partial charge >= 0.3 is 0 Å². The van der Waals surface area contributed by atoms with E-state index in [-0.39, 0.29) is 5.91 Å². The predicted molar refractivity (Wildman–Crippen MR) is 98.0 cm³/mol. The Morgan fingerprint density at radius 1 is 1.40 bits per heavy atom. The number of hydrogen-bond donors (Lipinski definition) is 1. The van der Waals surface area contributed by atoms with E-state index in [4.69, 9.17) is 14.2 Å². The van der Waals surface area contributed by atoms with Crippen LogP contribution in [0.2, 0.25) is 0 Å². The number of carbonyl (C=O) groups excluding carboxylic acids is 1. The van der Waals surface area contributed by atoms with Gasteiger partial charge in [0.1, 0.15) is 13.2 Å². The first-order chi connectivity index (χ1) is 12.2. The number of rotatable bonds is 6. The minimum absolute atomic E-state index is 0.280. The first-order valence-corrected chi connectivity index (χ1v) is 9.42. The lowest BCUT2D eigenvalue weighted by Crippen LogP contribution is -2.16. The summed E-state index contributed by atoms with van der Waals surface area (Å²) < 4.78 is 17.3. The number of benzene rings is 1. The average Bonchev–Trinajstić information content (AvgIpc) is 3.06. The molecule has 0 aliphatic carbocycles. The van der Waals surface area contributed by atoms with E-state index < -0.39 is 0 Å². The van der Waals surface area contributed by atoms with Gasteiger partial charge in [0, 0.05) is 6.08 Å². The van der Waals surface area contributed by atoms with E-state index in [1.165, 1.54) is 17.4 Å². The van der Waals surface area contributed by atoms with Crippen molar-refractivity contribution in [1.29, 1.82) is 0 Å². The van der Waals surface area contributed by atoms with Gasteiger partial charge in [0.25, 0.3) is 0 Å². The van der Waals surface area contributed by atoms with Crippen LogP contribution in [0.1, 0.15) is 12.5 Å². The summed E-state index contributed by atoms with van der Waals surface area (Å²) in [6, 6.07) is 3.60. The lowest BCUT2D eigenvalue weighted by Gasteiger charge is -2.20. The van der Waals surface area contributed by atoms with Crippen molar-refractivity contribution >= 4 is 40.2 Å². The molecule has 0 saturated heterocycles. The lowest BCUT2D eigenvalue weighted by atomic mass is 10.1. The minimum Gasteiger partial charge on any atom is -0.493 e. The van der Waals surface area contributed by atoms with Crippen LogP contribution in [0.25, 0.3) is 6.08 Å². The Bertz CT molecular complexity index is 774. The molecule has 1 aliphatic heterocycles. The van der Waals surface area contributed by atoms with Gasteiger partial charge in [0.05, 0.1) is 7.11 Å². The Labute approximate surface area is 153 Å². The summed E-state index contributed by atoms with van der Waals surface area (Å²) in [5.74, 6) is 2.40. The van der Waals surface area contributed by atoms with Gasteiger partial charge in [-0.05, 0) is 29.5 Å². The van der Waals surface area contributed by atoms with E-state index in [1.54, 1.807) is 31.0 Å². The molecule has 0 bridgehead atoms. The molecule has 0 atom stereocenters. The number of hydrogen-bond acceptors (Lipinski definition) is 8. The standard InChI is InChI=1S/C16H17N3O4S2/c1-3-24-16-19-18-15(25-16)17-13(20)5-4-10-8-11(21-2)14-12(9-10)22-6-7-23-14/h4-5,8-9H,3,6-7H2,1-2H3,(H,17,18,20)/b5-4+. The first-order valence-electron chi connectivity index (χ1n) is 7.62. The molecule has 0 saturated carbocycles. The Morgan fingerprint density at radius 2 is 2.24 bits per heavy atom. The Morgan fingerprint density at radius 3 is 3.04 bits per heavy atom. The molecule has 3 rings (SSSR count). The first kappa shape index (κ1) is 17.6. The summed E-state index contributed by atoms with van der Waals surface area (Å²) in [5, 5.41) is 11.1. The summed E-state index contributed by atoms with van der Waals surface area (Å²) in [5.41, 5.74) is 0.774. The molecular formula is C16H17N3O4S2. The van der Waals surface area contributed by atoms with E-state index >= 15 is 0 Å². The second-order valence-corrected chi connectivity index (χ2v) is 7.36. The summed E-state index contributed by atoms with van der Waals surface area (Å²) in [7, 11) is 1.56. The van der Waals surface area contributed by atoms with Crippen molar-refractivity contribution in [1.82, 2.24) is 10.2 Å². The maximum absolute atomic E-state index is 12.0. The van der Waals surface area contributed by atoms with Crippen molar-refractivity contribution in [3.63, 3.8) is 0 Å². The molecule has 2 heterocycles. The third-order valence-corrected chi connectivity index (χ3v) is 5.04. The van der Waals surface area contributed by atoms with Crippen LogP contribution in [0, 0.1) is 0 Å². The number of carbonyl (C=O) groups is 1. The van der Waals surface area contributed by atoms with Crippen LogP contribution >= 0.6 is 23.1 Å². The van der Waals surface area contributed by atoms with E-state index in [2.05, 4.69) is 15.5 Å². The maximum atomic E-state index is 12.0. The monoisotopic (exact) mass is 379 g/mol. The molecular weight excluding hydrogens is 362 g/mol. The van der Waals surface area contributed by atoms with Crippen LogP contribution in [0.5, 0.6) is 17.2 Å². The van der Waals surface area contributed by atoms with Crippen LogP contribution in [-0.2, 0) is 4.79 Å². The molecule has 1 aliphatic rings. The second-order valence-electron chi connectivity index (χ2n) is 4.88. The summed E-state index contributed by atoms with van der Waals surface area (Å²) >= 11 is 2.94. The molecule has 25 heavy (non-hydrogen) atoms. The third kappa shape index (κ3) is 4.43. The Kier molecular flexibility index (Phi) is 5.77. The molecule has 0 fully saturated rings. The summed E-state index contributed by atoms with van der Waals surface area (Å²) in [4.78, 5) is 12.0. The van der Waals surface area contributed by atoms with Crippen molar-refractivity contribution in [2.45, 2.75) is 11.3 Å². The molecule has 1 aromatic heterocycles. The molecule has 9 heteroatoms. The highest BCUT2D eigenvalue weighted by molar-refractivity contribution is 8.01.